The van der Waals surface area contributed by atoms with Crippen molar-refractivity contribution in [2.45, 2.75) is 5.92 Å². The molecule has 0 saturated heterocycles. The van der Waals surface area contributed by atoms with E-state index in [0.29, 0.717) is 11.5 Å². The van der Waals surface area contributed by atoms with Gasteiger partial charge in [0.15, 0.2) is 11.5 Å². The molecular formula is C25H21N5O. The third-order valence-electron chi connectivity index (χ3n) is 5.20. The van der Waals surface area contributed by atoms with E-state index >= 15 is 0 Å². The van der Waals surface area contributed by atoms with Crippen LogP contribution in [0.15, 0.2) is 91.3 Å². The fraction of sp³-hybridized carbons (Fsp3) is 0.0800. The Morgan fingerprint density at radius 3 is 2.06 bits per heavy atom. The van der Waals surface area contributed by atoms with Gasteiger partial charge in [0, 0.05) is 5.69 Å². The van der Waals surface area contributed by atoms with Gasteiger partial charge >= 0.3 is 0 Å². The molecule has 152 valence electrons. The zero-order chi connectivity index (χ0) is 21.0. The van der Waals surface area contributed by atoms with Crippen molar-refractivity contribution < 1.29 is 4.74 Å². The van der Waals surface area contributed by atoms with E-state index in [0.717, 1.165) is 33.9 Å². The molecule has 0 fully saturated rings. The highest BCUT2D eigenvalue weighted by molar-refractivity contribution is 5.85. The van der Waals surface area contributed by atoms with Gasteiger partial charge in [-0.1, -0.05) is 60.7 Å². The number of ether oxygens (including phenoxy) is 1. The zero-order valence-electron chi connectivity index (χ0n) is 17.0. The summed E-state index contributed by atoms with van der Waals surface area (Å²) >= 11 is 0. The van der Waals surface area contributed by atoms with Crippen molar-refractivity contribution in [2.75, 3.05) is 12.4 Å². The molecule has 0 aliphatic heterocycles. The first-order chi connectivity index (χ1) is 15.3. The van der Waals surface area contributed by atoms with Crippen molar-refractivity contribution in [3.05, 3.63) is 108 Å². The first-order valence-corrected chi connectivity index (χ1v) is 10.0. The van der Waals surface area contributed by atoms with Crippen LogP contribution in [0.3, 0.4) is 0 Å². The molecule has 5 rings (SSSR count). The minimum Gasteiger partial charge on any atom is -0.497 e. The molecule has 0 saturated carbocycles. The standard InChI is InChI=1S/C25H21N5O/c1-31-20-14-12-19(13-15-20)28-24-22-25(27-16-26-24)30-23(29-22)21(17-8-4-2-5-9-17)18-10-6-3-7-11-18/h2-16,21H,1H3,(H2,26,27,28,29,30). The normalized spacial score (nSPS) is 11.0. The lowest BCUT2D eigenvalue weighted by molar-refractivity contribution is 0.415. The van der Waals surface area contributed by atoms with E-state index in [2.05, 4.69) is 44.5 Å². The van der Waals surface area contributed by atoms with Gasteiger partial charge in [-0.15, -0.1) is 0 Å². The monoisotopic (exact) mass is 407 g/mol. The van der Waals surface area contributed by atoms with Crippen LogP contribution < -0.4 is 10.1 Å². The molecule has 0 unspecified atom stereocenters. The van der Waals surface area contributed by atoms with Gasteiger partial charge in [-0.05, 0) is 35.4 Å². The summed E-state index contributed by atoms with van der Waals surface area (Å²) in [7, 11) is 1.65. The smallest absolute Gasteiger partial charge is 0.183 e. The molecule has 3 aromatic carbocycles. The molecule has 0 amide bonds. The van der Waals surface area contributed by atoms with Crippen molar-refractivity contribution in [3.8, 4) is 5.75 Å². The molecule has 0 radical (unpaired) electrons. The number of methoxy groups -OCH3 is 1. The highest BCUT2D eigenvalue weighted by Gasteiger charge is 2.21. The number of anilines is 2. The van der Waals surface area contributed by atoms with Gasteiger partial charge in [0.25, 0.3) is 0 Å². The molecule has 2 heterocycles. The fourth-order valence-corrected chi connectivity index (χ4v) is 3.69. The van der Waals surface area contributed by atoms with Gasteiger partial charge < -0.3 is 15.0 Å². The van der Waals surface area contributed by atoms with E-state index in [1.165, 1.54) is 6.33 Å². The van der Waals surface area contributed by atoms with Gasteiger partial charge in [-0.25, -0.2) is 15.0 Å². The molecule has 0 atom stereocenters. The number of aromatic amines is 1. The average molecular weight is 407 g/mol. The number of fused-ring (bicyclic) bond motifs is 1. The Balaban J connectivity index is 1.57. The van der Waals surface area contributed by atoms with Crippen LogP contribution in [-0.2, 0) is 0 Å². The molecule has 6 heteroatoms. The van der Waals surface area contributed by atoms with Crippen LogP contribution in [0.25, 0.3) is 11.2 Å². The highest BCUT2D eigenvalue weighted by atomic mass is 16.5. The summed E-state index contributed by atoms with van der Waals surface area (Å²) in [6, 6.07) is 28.4. The number of hydrogen-bond acceptors (Lipinski definition) is 5. The first-order valence-electron chi connectivity index (χ1n) is 10.0. The summed E-state index contributed by atoms with van der Waals surface area (Å²) in [6.07, 6.45) is 1.53. The number of nitrogens with one attached hydrogen (secondary N) is 2. The molecular weight excluding hydrogens is 386 g/mol. The Hall–Kier alpha value is -4.19. The summed E-state index contributed by atoms with van der Waals surface area (Å²) in [4.78, 5) is 17.1. The molecule has 31 heavy (non-hydrogen) atoms. The molecule has 0 spiro atoms. The predicted molar refractivity (Wildman–Crippen MR) is 122 cm³/mol. The highest BCUT2D eigenvalue weighted by Crippen LogP contribution is 2.32. The van der Waals surface area contributed by atoms with Gasteiger partial charge in [0.1, 0.15) is 23.4 Å². The van der Waals surface area contributed by atoms with Crippen molar-refractivity contribution in [1.29, 1.82) is 0 Å². The maximum atomic E-state index is 5.23. The second kappa shape index (κ2) is 8.28. The van der Waals surface area contributed by atoms with Crippen LogP contribution in [0.5, 0.6) is 5.75 Å². The fourth-order valence-electron chi connectivity index (χ4n) is 3.69. The Labute approximate surface area is 180 Å². The van der Waals surface area contributed by atoms with Gasteiger partial charge in [0.05, 0.1) is 13.0 Å². The Kier molecular flexibility index (Phi) is 5.02. The van der Waals surface area contributed by atoms with Gasteiger partial charge in [0.2, 0.25) is 0 Å². The summed E-state index contributed by atoms with van der Waals surface area (Å²) in [6.45, 7) is 0. The van der Waals surface area contributed by atoms with E-state index < -0.39 is 0 Å². The van der Waals surface area contributed by atoms with E-state index in [1.807, 2.05) is 60.7 Å². The number of hydrogen-bond donors (Lipinski definition) is 2. The lowest BCUT2D eigenvalue weighted by Crippen LogP contribution is -2.05. The van der Waals surface area contributed by atoms with Crippen LogP contribution in [0.2, 0.25) is 0 Å². The second-order valence-corrected chi connectivity index (χ2v) is 7.15. The van der Waals surface area contributed by atoms with E-state index in [-0.39, 0.29) is 5.92 Å². The molecule has 5 aromatic rings. The van der Waals surface area contributed by atoms with Gasteiger partial charge in [-0.3, -0.25) is 0 Å². The SMILES string of the molecule is COc1ccc(Nc2ncnc3nc(C(c4ccccc4)c4ccccc4)[nH]c23)cc1. The van der Waals surface area contributed by atoms with Crippen molar-refractivity contribution in [2.24, 2.45) is 0 Å². The maximum absolute atomic E-state index is 5.23. The minimum absolute atomic E-state index is 0.0366. The number of aromatic nitrogens is 4. The largest absolute Gasteiger partial charge is 0.497 e. The number of rotatable bonds is 6. The van der Waals surface area contributed by atoms with Gasteiger partial charge in [-0.2, -0.15) is 0 Å². The Morgan fingerprint density at radius 1 is 0.806 bits per heavy atom. The number of benzene rings is 3. The van der Waals surface area contributed by atoms with Crippen molar-refractivity contribution >= 4 is 22.7 Å². The predicted octanol–water partition coefficient (Wildman–Crippen LogP) is 5.29. The van der Waals surface area contributed by atoms with Crippen LogP contribution in [-0.4, -0.2) is 27.0 Å². The lowest BCUT2D eigenvalue weighted by Gasteiger charge is -2.15. The van der Waals surface area contributed by atoms with Crippen LogP contribution in [0, 0.1) is 0 Å². The third kappa shape index (κ3) is 3.83. The number of nitrogens with zero attached hydrogens (tertiary/aromatic N) is 3. The summed E-state index contributed by atoms with van der Waals surface area (Å²) in [5, 5.41) is 3.35. The van der Waals surface area contributed by atoms with Crippen molar-refractivity contribution in [3.63, 3.8) is 0 Å². The lowest BCUT2D eigenvalue weighted by atomic mass is 9.91. The topological polar surface area (TPSA) is 75.7 Å². The third-order valence-corrected chi connectivity index (χ3v) is 5.20. The molecule has 2 aromatic heterocycles. The Bertz CT molecular complexity index is 1240. The number of imidazole rings is 1. The van der Waals surface area contributed by atoms with E-state index in [1.54, 1.807) is 7.11 Å². The van der Waals surface area contributed by atoms with Crippen LogP contribution in [0.1, 0.15) is 22.9 Å². The molecule has 2 N–H and O–H groups in total. The quantitative estimate of drug-likeness (QED) is 0.400. The number of H-pyrrole nitrogens is 1. The maximum Gasteiger partial charge on any atom is 0.183 e. The van der Waals surface area contributed by atoms with Crippen molar-refractivity contribution in [1.82, 2.24) is 19.9 Å². The first kappa shape index (κ1) is 18.8. The van der Waals surface area contributed by atoms with E-state index in [9.17, 15) is 0 Å². The summed E-state index contributed by atoms with van der Waals surface area (Å²) < 4.78 is 5.23. The molecule has 6 nitrogen and oxygen atoms in total. The summed E-state index contributed by atoms with van der Waals surface area (Å²) in [5.74, 6) is 2.26. The second-order valence-electron chi connectivity index (χ2n) is 7.15. The summed E-state index contributed by atoms with van der Waals surface area (Å²) in [5.41, 5.74) is 4.61. The molecule has 0 bridgehead atoms. The Morgan fingerprint density at radius 2 is 1.45 bits per heavy atom. The average Bonchev–Trinajstić information content (AvgIpc) is 3.26. The van der Waals surface area contributed by atoms with E-state index in [4.69, 9.17) is 9.72 Å². The molecule has 0 aliphatic carbocycles. The van der Waals surface area contributed by atoms with Crippen LogP contribution in [0.4, 0.5) is 11.5 Å². The zero-order valence-corrected chi connectivity index (χ0v) is 17.0. The minimum atomic E-state index is -0.0366. The van der Waals surface area contributed by atoms with Crippen LogP contribution >= 0.6 is 0 Å². The molecule has 0 aliphatic rings.